The summed E-state index contributed by atoms with van der Waals surface area (Å²) in [5.74, 6) is 0.528. The van der Waals surface area contributed by atoms with E-state index in [1.165, 1.54) is 39.4 Å². The van der Waals surface area contributed by atoms with Gasteiger partial charge in [0.05, 0.1) is 46.6 Å². The van der Waals surface area contributed by atoms with Crippen molar-refractivity contribution < 1.29 is 18.3 Å². The van der Waals surface area contributed by atoms with E-state index in [9.17, 15) is 18.4 Å². The van der Waals surface area contributed by atoms with E-state index >= 15 is 0 Å². The van der Waals surface area contributed by atoms with Gasteiger partial charge in [0.1, 0.15) is 0 Å². The van der Waals surface area contributed by atoms with Gasteiger partial charge in [-0.25, -0.2) is 0 Å². The monoisotopic (exact) mass is 760 g/mol. The van der Waals surface area contributed by atoms with Crippen molar-refractivity contribution in [3.05, 3.63) is 96.1 Å². The van der Waals surface area contributed by atoms with Gasteiger partial charge in [-0.3, -0.25) is 4.90 Å². The molecule has 4 aromatic carbocycles. The zero-order chi connectivity index (χ0) is 37.5. The lowest BCUT2D eigenvalue weighted by Crippen LogP contribution is -2.47. The summed E-state index contributed by atoms with van der Waals surface area (Å²) >= 11 is 3.31. The van der Waals surface area contributed by atoms with Crippen LogP contribution in [0.4, 0.5) is 35.9 Å². The molecule has 7 rings (SSSR count). The van der Waals surface area contributed by atoms with Crippen LogP contribution in [-0.4, -0.2) is 99.4 Å². The molecule has 12 heteroatoms. The third-order valence-corrected chi connectivity index (χ3v) is 11.9. The molecule has 280 valence electrons. The molecule has 1 saturated heterocycles. The molecule has 0 saturated carbocycles. The first kappa shape index (κ1) is 39.0. The molecular weight excluding hydrogens is 714 g/mol. The van der Waals surface area contributed by atoms with Crippen LogP contribution < -0.4 is 9.80 Å². The van der Waals surface area contributed by atoms with Crippen LogP contribution in [0.3, 0.4) is 0 Å². The van der Waals surface area contributed by atoms with Crippen LogP contribution in [0.5, 0.6) is 0 Å². The summed E-state index contributed by atoms with van der Waals surface area (Å²) in [6.45, 7) is 10.6. The summed E-state index contributed by atoms with van der Waals surface area (Å²) in [6.07, 6.45) is -3.48. The highest BCUT2D eigenvalue weighted by Crippen LogP contribution is 2.50. The quantitative estimate of drug-likeness (QED) is 0.171. The Morgan fingerprint density at radius 2 is 1.28 bits per heavy atom. The van der Waals surface area contributed by atoms with Crippen LogP contribution >= 0.6 is 23.5 Å². The maximum Gasteiger partial charge on any atom is 0.416 e. The Hall–Kier alpha value is -3.70. The molecular formula is C41H47F3N6OS2. The van der Waals surface area contributed by atoms with Crippen LogP contribution in [0.25, 0.3) is 0 Å². The van der Waals surface area contributed by atoms with E-state index in [0.717, 1.165) is 73.4 Å². The van der Waals surface area contributed by atoms with Crippen molar-refractivity contribution in [1.82, 2.24) is 14.7 Å². The molecule has 1 unspecified atom stereocenters. The van der Waals surface area contributed by atoms with E-state index in [4.69, 9.17) is 5.11 Å². The maximum absolute atomic E-state index is 13.3. The van der Waals surface area contributed by atoms with E-state index in [1.54, 1.807) is 17.8 Å². The van der Waals surface area contributed by atoms with Crippen molar-refractivity contribution in [3.8, 4) is 6.07 Å². The van der Waals surface area contributed by atoms with E-state index in [-0.39, 0.29) is 6.61 Å². The number of alkyl halides is 3. The molecule has 1 fully saturated rings. The van der Waals surface area contributed by atoms with Crippen LogP contribution in [0.1, 0.15) is 24.5 Å². The van der Waals surface area contributed by atoms with Crippen LogP contribution in [0.2, 0.25) is 0 Å². The lowest BCUT2D eigenvalue weighted by atomic mass is 10.1. The van der Waals surface area contributed by atoms with E-state index in [0.29, 0.717) is 30.3 Å². The molecule has 1 N–H and O–H groups in total. The summed E-state index contributed by atoms with van der Waals surface area (Å²) in [6, 6.07) is 28.7. The number of anilines is 4. The number of hydrogen-bond acceptors (Lipinski definition) is 9. The number of fused-ring (bicyclic) bond motifs is 4. The fourth-order valence-electron chi connectivity index (χ4n) is 7.17. The van der Waals surface area contributed by atoms with Crippen molar-refractivity contribution in [3.63, 3.8) is 0 Å². The van der Waals surface area contributed by atoms with Crippen molar-refractivity contribution >= 4 is 46.3 Å². The van der Waals surface area contributed by atoms with Crippen LogP contribution in [0, 0.1) is 17.2 Å². The molecule has 0 bridgehead atoms. The topological polar surface area (TPSA) is 60.2 Å². The number of halogens is 3. The highest BCUT2D eigenvalue weighted by atomic mass is 32.2. The number of rotatable bonds is 10. The molecule has 1 atom stereocenters. The number of aliphatic hydroxyl groups is 1. The molecule has 0 aromatic heterocycles. The molecule has 53 heavy (non-hydrogen) atoms. The van der Waals surface area contributed by atoms with Crippen molar-refractivity contribution in [2.75, 3.05) is 89.4 Å². The van der Waals surface area contributed by atoms with Gasteiger partial charge in [-0.05, 0) is 93.6 Å². The normalized spacial score (nSPS) is 16.1. The third-order valence-electron chi connectivity index (χ3n) is 9.62. The van der Waals surface area contributed by atoms with E-state index < -0.39 is 11.7 Å². The summed E-state index contributed by atoms with van der Waals surface area (Å²) in [5, 5.41) is 18.3. The van der Waals surface area contributed by atoms with Gasteiger partial charge in [0, 0.05) is 71.9 Å². The van der Waals surface area contributed by atoms with Crippen molar-refractivity contribution in [2.45, 2.75) is 39.1 Å². The predicted molar refractivity (Wildman–Crippen MR) is 210 cm³/mol. The largest absolute Gasteiger partial charge is 0.416 e. The first-order valence-corrected chi connectivity index (χ1v) is 19.7. The van der Waals surface area contributed by atoms with E-state index in [2.05, 4.69) is 77.0 Å². The molecule has 0 spiro atoms. The number of β-amino-alcohol motifs (C(OH)–C–C–N with tert-alkyl or cyclic N) is 1. The second-order valence-electron chi connectivity index (χ2n) is 14.0. The van der Waals surface area contributed by atoms with Gasteiger partial charge in [0.25, 0.3) is 0 Å². The molecule has 0 aliphatic carbocycles. The zero-order valence-electron chi connectivity index (χ0n) is 30.5. The van der Waals surface area contributed by atoms with Gasteiger partial charge in [0.2, 0.25) is 0 Å². The Labute approximate surface area is 320 Å². The summed E-state index contributed by atoms with van der Waals surface area (Å²) < 4.78 is 39.9. The number of nitriles is 1. The number of para-hydroxylation sites is 2. The smallest absolute Gasteiger partial charge is 0.395 e. The van der Waals surface area contributed by atoms with Gasteiger partial charge in [-0.15, -0.1) is 0 Å². The van der Waals surface area contributed by atoms with Gasteiger partial charge in [-0.1, -0.05) is 54.7 Å². The Bertz CT molecular complexity index is 1890. The van der Waals surface area contributed by atoms with Crippen molar-refractivity contribution in [1.29, 1.82) is 5.26 Å². The lowest BCUT2D eigenvalue weighted by molar-refractivity contribution is -0.137. The Morgan fingerprint density at radius 1 is 0.736 bits per heavy atom. The van der Waals surface area contributed by atoms with Gasteiger partial charge in [0.15, 0.2) is 0 Å². The maximum atomic E-state index is 13.3. The number of hydrogen-bond donors (Lipinski definition) is 1. The standard InChI is InChI=1S/C22H26F3N3OS.C19H21N3S/c23-22(24,25)17-6-7-21-19(16-17)28(18-4-1-2-5-20(18)30-21)9-3-8-26-10-12-27(13-11-26)14-15-29;1-14(12-21(2)3)13-22-16-6-4-5-7-18(16)23-19-9-8-15(11-20)10-17(19)22/h1-2,4-7,16,29H,3,8-15H2;4-10,14H,12-13H2,1-3H3. The van der Waals surface area contributed by atoms with Gasteiger partial charge < -0.3 is 24.7 Å². The number of piperazine rings is 1. The SMILES string of the molecule is CC(CN(C)C)CN1c2ccccc2Sc2ccc(C#N)cc21.OCCN1CCN(CCCN2c3ccccc3Sc3ccc(C(F)(F)F)cc32)CC1. The lowest BCUT2D eigenvalue weighted by Gasteiger charge is -2.36. The van der Waals surface area contributed by atoms with Gasteiger partial charge in [-0.2, -0.15) is 18.4 Å². The minimum Gasteiger partial charge on any atom is -0.395 e. The first-order valence-electron chi connectivity index (χ1n) is 18.1. The Morgan fingerprint density at radius 3 is 1.87 bits per heavy atom. The van der Waals surface area contributed by atoms with Crippen molar-refractivity contribution in [2.24, 2.45) is 5.92 Å². The summed E-state index contributed by atoms with van der Waals surface area (Å²) in [4.78, 5) is 15.7. The third kappa shape index (κ3) is 9.70. The molecule has 7 nitrogen and oxygen atoms in total. The molecule has 0 amide bonds. The highest BCUT2D eigenvalue weighted by molar-refractivity contribution is 8.00. The highest BCUT2D eigenvalue weighted by Gasteiger charge is 2.33. The number of benzene rings is 4. The molecule has 3 aliphatic rings. The van der Waals surface area contributed by atoms with Crippen LogP contribution in [0.15, 0.2) is 105 Å². The number of nitrogens with zero attached hydrogens (tertiary/aromatic N) is 6. The average Bonchev–Trinajstić information content (AvgIpc) is 3.14. The summed E-state index contributed by atoms with van der Waals surface area (Å²) in [7, 11) is 4.22. The Balaban J connectivity index is 0.000000188. The van der Waals surface area contributed by atoms with Crippen LogP contribution in [-0.2, 0) is 6.18 Å². The second kappa shape index (κ2) is 17.6. The van der Waals surface area contributed by atoms with E-state index in [1.807, 2.05) is 41.3 Å². The molecule has 3 aliphatic heterocycles. The average molecular weight is 761 g/mol. The molecule has 3 heterocycles. The molecule has 4 aromatic rings. The van der Waals surface area contributed by atoms with Gasteiger partial charge >= 0.3 is 6.18 Å². The summed E-state index contributed by atoms with van der Waals surface area (Å²) in [5.41, 5.74) is 4.12. The fraction of sp³-hybridized carbons (Fsp3) is 0.390. The molecule has 0 radical (unpaired) electrons. The first-order chi connectivity index (χ1) is 25.5. The number of aliphatic hydroxyl groups excluding tert-OH is 1. The second-order valence-corrected chi connectivity index (χ2v) is 16.2. The Kier molecular flexibility index (Phi) is 13.0. The minimum atomic E-state index is -4.35. The zero-order valence-corrected chi connectivity index (χ0v) is 32.2. The fourth-order valence-corrected chi connectivity index (χ4v) is 9.32. The predicted octanol–water partition coefficient (Wildman–Crippen LogP) is 8.67. The minimum absolute atomic E-state index is 0.186.